The predicted molar refractivity (Wildman–Crippen MR) is 150 cm³/mol. The molecule has 0 amide bonds. The van der Waals surface area contributed by atoms with Gasteiger partial charge in [0, 0.05) is 17.1 Å². The second kappa shape index (κ2) is 9.32. The number of fused-ring (bicyclic) bond motifs is 1. The van der Waals surface area contributed by atoms with Crippen molar-refractivity contribution in [1.82, 2.24) is 0 Å². The van der Waals surface area contributed by atoms with Crippen LogP contribution in [0.15, 0.2) is 152 Å². The minimum atomic E-state index is 1.14. The molecule has 0 unspecified atom stereocenters. The molecule has 0 aliphatic rings. The summed E-state index contributed by atoms with van der Waals surface area (Å²) in [4.78, 5) is 2.29. The van der Waals surface area contributed by atoms with Crippen LogP contribution in [0.2, 0.25) is 0 Å². The molecule has 6 aromatic rings. The topological polar surface area (TPSA) is 3.24 Å². The van der Waals surface area contributed by atoms with Gasteiger partial charge in [-0.05, 0) is 69.4 Å². The smallest absolute Gasteiger partial charge is 0.0462 e. The lowest BCUT2D eigenvalue weighted by Crippen LogP contribution is -2.09. The predicted octanol–water partition coefficient (Wildman–Crippen LogP) is 9.64. The molecule has 0 atom stereocenters. The van der Waals surface area contributed by atoms with Crippen LogP contribution in [0.5, 0.6) is 0 Å². The lowest BCUT2D eigenvalue weighted by molar-refractivity contribution is 1.28. The highest BCUT2D eigenvalue weighted by atomic mass is 15.1. The second-order valence-corrected chi connectivity index (χ2v) is 8.66. The van der Waals surface area contributed by atoms with Crippen molar-refractivity contribution in [2.75, 3.05) is 4.90 Å². The molecule has 0 spiro atoms. The third kappa shape index (κ3) is 4.20. The van der Waals surface area contributed by atoms with Crippen molar-refractivity contribution in [3.63, 3.8) is 0 Å². The molecule has 0 saturated carbocycles. The summed E-state index contributed by atoms with van der Waals surface area (Å²) in [5.41, 5.74) is 8.36. The summed E-state index contributed by atoms with van der Waals surface area (Å²) in [5, 5.41) is 2.56. The van der Waals surface area contributed by atoms with Gasteiger partial charge in [-0.3, -0.25) is 0 Å². The molecule has 0 heterocycles. The van der Waals surface area contributed by atoms with Gasteiger partial charge in [0.25, 0.3) is 0 Å². The molecule has 1 nitrogen and oxygen atoms in total. The van der Waals surface area contributed by atoms with Gasteiger partial charge >= 0.3 is 0 Å². The van der Waals surface area contributed by atoms with Crippen LogP contribution in [0.25, 0.3) is 33.0 Å². The molecule has 6 rings (SSSR count). The van der Waals surface area contributed by atoms with Crippen molar-refractivity contribution in [2.45, 2.75) is 0 Å². The van der Waals surface area contributed by atoms with Crippen LogP contribution >= 0.6 is 0 Å². The van der Waals surface area contributed by atoms with E-state index in [4.69, 9.17) is 0 Å². The number of hydrogen-bond donors (Lipinski definition) is 0. The van der Waals surface area contributed by atoms with Gasteiger partial charge in [0.05, 0.1) is 0 Å². The summed E-state index contributed by atoms with van der Waals surface area (Å²) in [7, 11) is 0. The van der Waals surface area contributed by atoms with Crippen LogP contribution < -0.4 is 4.90 Å². The Morgan fingerprint density at radius 1 is 0.314 bits per heavy atom. The van der Waals surface area contributed by atoms with Gasteiger partial charge in [-0.2, -0.15) is 0 Å². The van der Waals surface area contributed by atoms with Crippen LogP contribution in [0.4, 0.5) is 17.1 Å². The van der Waals surface area contributed by atoms with E-state index in [2.05, 4.69) is 157 Å². The lowest BCUT2D eigenvalue weighted by Gasteiger charge is -2.25. The number of benzene rings is 6. The van der Waals surface area contributed by atoms with Crippen LogP contribution in [-0.4, -0.2) is 0 Å². The Morgan fingerprint density at radius 3 is 1.40 bits per heavy atom. The van der Waals surface area contributed by atoms with E-state index in [-0.39, 0.29) is 0 Å². The Morgan fingerprint density at radius 2 is 0.771 bits per heavy atom. The first-order valence-electron chi connectivity index (χ1n) is 12.0. The average molecular weight is 448 g/mol. The van der Waals surface area contributed by atoms with E-state index in [1.165, 1.54) is 33.0 Å². The fourth-order valence-electron chi connectivity index (χ4n) is 4.72. The maximum atomic E-state index is 2.29. The van der Waals surface area contributed by atoms with Crippen molar-refractivity contribution in [2.24, 2.45) is 0 Å². The van der Waals surface area contributed by atoms with Crippen molar-refractivity contribution < 1.29 is 0 Å². The van der Waals surface area contributed by atoms with E-state index >= 15 is 0 Å². The van der Waals surface area contributed by atoms with Gasteiger partial charge in [0.15, 0.2) is 0 Å². The molecule has 35 heavy (non-hydrogen) atoms. The van der Waals surface area contributed by atoms with E-state index < -0.39 is 0 Å². The fraction of sp³-hybridized carbons (Fsp3) is 0. The first-order valence-corrected chi connectivity index (χ1v) is 12.0. The van der Waals surface area contributed by atoms with Gasteiger partial charge < -0.3 is 4.90 Å². The highest BCUT2D eigenvalue weighted by Gasteiger charge is 2.12. The highest BCUT2D eigenvalue weighted by Crippen LogP contribution is 2.36. The summed E-state index contributed by atoms with van der Waals surface area (Å²) >= 11 is 0. The van der Waals surface area contributed by atoms with Crippen LogP contribution in [0, 0.1) is 0 Å². The fourth-order valence-corrected chi connectivity index (χ4v) is 4.72. The van der Waals surface area contributed by atoms with Crippen molar-refractivity contribution in [1.29, 1.82) is 0 Å². The zero-order chi connectivity index (χ0) is 23.5. The first kappa shape index (κ1) is 20.9. The van der Waals surface area contributed by atoms with E-state index in [1.54, 1.807) is 0 Å². The summed E-state index contributed by atoms with van der Waals surface area (Å²) < 4.78 is 0. The molecule has 0 bridgehead atoms. The minimum absolute atomic E-state index is 1.14. The number of anilines is 3. The molecule has 0 fully saturated rings. The zero-order valence-electron chi connectivity index (χ0n) is 19.4. The monoisotopic (exact) mass is 447 g/mol. The first-order chi connectivity index (χ1) is 17.4. The lowest BCUT2D eigenvalue weighted by atomic mass is 9.96. The molecular formula is C34H25N. The molecule has 6 aromatic carbocycles. The molecule has 0 aromatic heterocycles. The van der Waals surface area contributed by atoms with Crippen LogP contribution in [0.3, 0.4) is 0 Å². The minimum Gasteiger partial charge on any atom is -0.311 e. The van der Waals surface area contributed by atoms with Crippen LogP contribution in [0.1, 0.15) is 0 Å². The molecule has 1 heteroatoms. The molecule has 0 radical (unpaired) electrons. The Kier molecular flexibility index (Phi) is 5.58. The summed E-state index contributed by atoms with van der Waals surface area (Å²) in [6.45, 7) is 0. The summed E-state index contributed by atoms with van der Waals surface area (Å²) in [5.74, 6) is 0. The Balaban J connectivity index is 1.32. The maximum absolute atomic E-state index is 2.29. The molecule has 0 aliphatic heterocycles. The molecule has 0 saturated heterocycles. The number of rotatable bonds is 5. The standard InChI is InChI=1S/C34H25N/c1-3-12-30(13-4-1)35(31-14-5-2-6-15-31)32-24-22-27(23-25-32)26-18-20-29(21-19-26)34-17-9-11-28-10-7-8-16-33(28)34/h1-25H. The Bertz CT molecular complexity index is 1510. The van der Waals surface area contributed by atoms with Gasteiger partial charge in [-0.25, -0.2) is 0 Å². The van der Waals surface area contributed by atoms with E-state index in [0.717, 1.165) is 17.1 Å². The van der Waals surface area contributed by atoms with Crippen molar-refractivity contribution in [3.05, 3.63) is 152 Å². The normalized spacial score (nSPS) is 10.9. The van der Waals surface area contributed by atoms with E-state index in [0.29, 0.717) is 0 Å². The SMILES string of the molecule is c1ccc(N(c2ccccc2)c2ccc(-c3ccc(-c4cccc5ccccc45)cc3)cc2)cc1. The average Bonchev–Trinajstić information content (AvgIpc) is 2.95. The summed E-state index contributed by atoms with van der Waals surface area (Å²) in [6.07, 6.45) is 0. The Labute approximate surface area is 206 Å². The van der Waals surface area contributed by atoms with Gasteiger partial charge in [0.1, 0.15) is 0 Å². The molecule has 166 valence electrons. The maximum Gasteiger partial charge on any atom is 0.0462 e. The zero-order valence-corrected chi connectivity index (χ0v) is 19.4. The third-order valence-corrected chi connectivity index (χ3v) is 6.47. The van der Waals surface area contributed by atoms with Crippen molar-refractivity contribution >= 4 is 27.8 Å². The quantitative estimate of drug-likeness (QED) is 0.254. The third-order valence-electron chi connectivity index (χ3n) is 6.47. The van der Waals surface area contributed by atoms with Gasteiger partial charge in [-0.1, -0.05) is 115 Å². The number of hydrogen-bond acceptors (Lipinski definition) is 1. The van der Waals surface area contributed by atoms with Gasteiger partial charge in [-0.15, -0.1) is 0 Å². The molecule has 0 aliphatic carbocycles. The summed E-state index contributed by atoms with van der Waals surface area (Å²) in [6, 6.07) is 53.8. The Hall–Kier alpha value is -4.62. The molecule has 0 N–H and O–H groups in total. The number of nitrogens with zero attached hydrogens (tertiary/aromatic N) is 1. The highest BCUT2D eigenvalue weighted by molar-refractivity contribution is 5.96. The number of para-hydroxylation sites is 2. The molecular weight excluding hydrogens is 422 g/mol. The van der Waals surface area contributed by atoms with E-state index in [9.17, 15) is 0 Å². The second-order valence-electron chi connectivity index (χ2n) is 8.66. The largest absolute Gasteiger partial charge is 0.311 e. The van der Waals surface area contributed by atoms with E-state index in [1.807, 2.05) is 0 Å². The van der Waals surface area contributed by atoms with Crippen LogP contribution in [-0.2, 0) is 0 Å². The van der Waals surface area contributed by atoms with Crippen molar-refractivity contribution in [3.8, 4) is 22.3 Å². The van der Waals surface area contributed by atoms with Gasteiger partial charge in [0.2, 0.25) is 0 Å².